The SMILES string of the molecule is COc1ccc(C[C@@H](NC(=O)CNC(=O)c2ccc(C(=O)c3ccccc3)cc2)C(=O)N[C@@H](Cc2ccccc2)C(=O)N[C@@H](CCC(N)=O)C(=O)N[C@@H](CC(N)=O)C(=O)N[C@@H](CCCCN)C(=O)N2CCC[C@H]2C(=O)N[C@@H](CCCNC(=N)N)C(=O)N[C@@H](Cc2ccc(O)c(I)c2)C(N)=O)cc1. The first-order valence-electron chi connectivity index (χ1n) is 32.9. The molecule has 0 aromatic heterocycles. The topological polar surface area (TPSA) is 517 Å². The van der Waals surface area contributed by atoms with Crippen molar-refractivity contribution in [1.29, 1.82) is 5.41 Å². The number of ketones is 1. The maximum Gasteiger partial charge on any atom is 0.251 e. The Balaban J connectivity index is 1.19. The summed E-state index contributed by atoms with van der Waals surface area (Å²) in [6.45, 7) is -0.339. The molecule has 102 heavy (non-hydrogen) atoms. The third kappa shape index (κ3) is 25.6. The van der Waals surface area contributed by atoms with Crippen molar-refractivity contribution in [1.82, 2.24) is 52.8 Å². The lowest BCUT2D eigenvalue weighted by atomic mass is 10.0. The molecule has 21 N–H and O–H groups in total. The van der Waals surface area contributed by atoms with Crippen molar-refractivity contribution in [3.05, 3.63) is 164 Å². The van der Waals surface area contributed by atoms with Gasteiger partial charge in [0.1, 0.15) is 59.8 Å². The number of aromatic hydroxyl groups is 1. The highest BCUT2D eigenvalue weighted by molar-refractivity contribution is 14.1. The molecular formula is C70H87IN16O15. The standard InChI is InChI=1S/C70H87IN16O15/c1-102-46-26-19-41(20-27-46)36-52(80-59(91)39-79-62(94)45-24-22-44(23-25-45)60(92)43-14-6-3-7-15-43)65(97)85-53(35-40-12-4-2-5-13-40)66(98)81-49(28-30-57(73)89)64(96)86-54(38-58(74)90)67(99)83-50(16-8-9-31-72)69(101)87-33-11-18-55(87)68(100)82-48(17-10-32-78-70(76)77)63(95)84-51(61(75)93)37-42-21-29-56(88)47(71)34-42/h2-7,12-15,19-27,29,34,48-55,88H,8-11,16-18,28,30-33,35-39,72H2,1H3,(H2,73,89)(H2,74,90)(H2,75,93)(H,79,94)(H,80,91)(H,81,98)(H,82,100)(H,83,99)(H,84,95)(H,85,97)(H,86,96)(H4,76,77,78)/t48-,49-,50-,51-,52+,53-,54-,55-/m0/s1. The number of likely N-dealkylation sites (tertiary alicyclic amines) is 1. The Hall–Kier alpha value is -11.0. The van der Waals surface area contributed by atoms with E-state index in [1.54, 1.807) is 97.1 Å². The number of nitrogens with two attached hydrogens (primary N) is 5. The van der Waals surface area contributed by atoms with Gasteiger partial charge in [0.15, 0.2) is 11.7 Å². The Bertz CT molecular complexity index is 3800. The van der Waals surface area contributed by atoms with E-state index in [0.29, 0.717) is 43.6 Å². The summed E-state index contributed by atoms with van der Waals surface area (Å²) >= 11 is 1.90. The Morgan fingerprint density at radius 2 is 1.08 bits per heavy atom. The van der Waals surface area contributed by atoms with Gasteiger partial charge in [0.05, 0.1) is 23.6 Å². The average Bonchev–Trinajstić information content (AvgIpc) is 1.58. The minimum absolute atomic E-state index is 0.000622. The summed E-state index contributed by atoms with van der Waals surface area (Å²) in [5.41, 5.74) is 30.7. The monoisotopic (exact) mass is 1520 g/mol. The second kappa shape index (κ2) is 40.3. The number of hydrogen-bond acceptors (Lipinski definition) is 17. The van der Waals surface area contributed by atoms with Crippen LogP contribution in [0.15, 0.2) is 127 Å². The number of guanidine groups is 1. The number of benzene rings is 5. The van der Waals surface area contributed by atoms with Gasteiger partial charge in [-0.05, 0) is 134 Å². The highest BCUT2D eigenvalue weighted by atomic mass is 127. The van der Waals surface area contributed by atoms with Crippen LogP contribution in [0, 0.1) is 8.98 Å². The van der Waals surface area contributed by atoms with Gasteiger partial charge in [-0.3, -0.25) is 67.7 Å². The molecule has 1 aliphatic heterocycles. The first-order valence-corrected chi connectivity index (χ1v) is 34.0. The maximum atomic E-state index is 14.8. The molecule has 0 unspecified atom stereocenters. The molecule has 0 aliphatic carbocycles. The van der Waals surface area contributed by atoms with Crippen LogP contribution in [-0.2, 0) is 72.0 Å². The molecule has 0 radical (unpaired) electrons. The number of primary amides is 3. The average molecular weight is 1520 g/mol. The number of carbonyl (C=O) groups is 13. The number of unbranched alkanes of at least 4 members (excludes halogenated alkanes) is 1. The fourth-order valence-corrected chi connectivity index (χ4v) is 11.7. The minimum Gasteiger partial charge on any atom is -0.507 e. The Labute approximate surface area is 602 Å². The summed E-state index contributed by atoms with van der Waals surface area (Å²) in [6, 6.07) is 21.9. The van der Waals surface area contributed by atoms with Crippen LogP contribution in [0.25, 0.3) is 0 Å². The van der Waals surface area contributed by atoms with E-state index < -0.39 is 145 Å². The molecule has 31 nitrogen and oxygen atoms in total. The van der Waals surface area contributed by atoms with Gasteiger partial charge in [-0.1, -0.05) is 91.0 Å². The molecule has 32 heteroatoms. The largest absolute Gasteiger partial charge is 0.507 e. The molecule has 0 saturated carbocycles. The van der Waals surface area contributed by atoms with Gasteiger partial charge >= 0.3 is 0 Å². The van der Waals surface area contributed by atoms with E-state index in [2.05, 4.69) is 47.9 Å². The summed E-state index contributed by atoms with van der Waals surface area (Å²) in [5.74, 6) is -11.0. The lowest BCUT2D eigenvalue weighted by molar-refractivity contribution is -0.143. The number of amides is 12. The first kappa shape index (κ1) is 80.0. The van der Waals surface area contributed by atoms with Crippen LogP contribution in [0.2, 0.25) is 0 Å². The zero-order valence-corrected chi connectivity index (χ0v) is 58.3. The molecule has 6 rings (SSSR count). The number of hydrogen-bond donors (Lipinski definition) is 16. The number of carbonyl (C=O) groups excluding carboxylic acids is 13. The number of phenols is 1. The van der Waals surface area contributed by atoms with Crippen LogP contribution in [0.1, 0.15) is 107 Å². The highest BCUT2D eigenvalue weighted by Gasteiger charge is 2.41. The second-order valence-corrected chi connectivity index (χ2v) is 25.4. The molecule has 8 atom stereocenters. The number of ether oxygens (including phenoxy) is 1. The molecule has 1 saturated heterocycles. The van der Waals surface area contributed by atoms with Crippen molar-refractivity contribution in [2.24, 2.45) is 28.7 Å². The van der Waals surface area contributed by atoms with E-state index in [1.807, 2.05) is 22.6 Å². The van der Waals surface area contributed by atoms with E-state index in [1.165, 1.54) is 42.3 Å². The second-order valence-electron chi connectivity index (χ2n) is 24.2. The van der Waals surface area contributed by atoms with Gasteiger partial charge in [-0.25, -0.2) is 0 Å². The lowest BCUT2D eigenvalue weighted by Gasteiger charge is -2.31. The minimum atomic E-state index is -1.85. The number of phenolic OH excluding ortho intramolecular Hbond substituents is 1. The summed E-state index contributed by atoms with van der Waals surface area (Å²) in [7, 11) is 1.46. The van der Waals surface area contributed by atoms with Gasteiger partial charge in [-0.2, -0.15) is 0 Å². The third-order valence-electron chi connectivity index (χ3n) is 16.5. The van der Waals surface area contributed by atoms with Gasteiger partial charge in [0.25, 0.3) is 5.91 Å². The van der Waals surface area contributed by atoms with E-state index >= 15 is 0 Å². The van der Waals surface area contributed by atoms with Crippen LogP contribution in [0.3, 0.4) is 0 Å². The third-order valence-corrected chi connectivity index (χ3v) is 17.4. The molecule has 0 spiro atoms. The predicted octanol–water partition coefficient (Wildman–Crippen LogP) is -0.903. The van der Waals surface area contributed by atoms with Gasteiger partial charge in [0, 0.05) is 55.5 Å². The smallest absolute Gasteiger partial charge is 0.251 e. The molecule has 0 bridgehead atoms. The summed E-state index contributed by atoms with van der Waals surface area (Å²) < 4.78 is 5.77. The van der Waals surface area contributed by atoms with Crippen LogP contribution >= 0.6 is 22.6 Å². The van der Waals surface area contributed by atoms with Crippen molar-refractivity contribution >= 4 is 105 Å². The molecule has 1 fully saturated rings. The number of nitrogens with zero attached hydrogens (tertiary/aromatic N) is 1. The van der Waals surface area contributed by atoms with Gasteiger partial charge in [-0.15, -0.1) is 0 Å². The molecule has 12 amide bonds. The van der Waals surface area contributed by atoms with E-state index in [0.717, 1.165) is 0 Å². The molecule has 1 aliphatic rings. The van der Waals surface area contributed by atoms with E-state index in [-0.39, 0.29) is 100 Å². The van der Waals surface area contributed by atoms with Crippen LogP contribution < -0.4 is 81.3 Å². The van der Waals surface area contributed by atoms with Gasteiger partial charge < -0.3 is 91.3 Å². The fraction of sp³-hybridized carbons (Fsp3) is 0.371. The molecule has 544 valence electrons. The van der Waals surface area contributed by atoms with Crippen LogP contribution in [-0.4, -0.2) is 174 Å². The normalized spacial score (nSPS) is 14.4. The first-order chi connectivity index (χ1) is 48.7. The van der Waals surface area contributed by atoms with Crippen LogP contribution in [0.5, 0.6) is 11.5 Å². The number of rotatable bonds is 40. The van der Waals surface area contributed by atoms with Crippen molar-refractivity contribution in [3.63, 3.8) is 0 Å². The van der Waals surface area contributed by atoms with Crippen molar-refractivity contribution in [2.45, 2.75) is 132 Å². The summed E-state index contributed by atoms with van der Waals surface area (Å²) in [5, 5.41) is 40.9. The van der Waals surface area contributed by atoms with Crippen molar-refractivity contribution in [2.75, 3.05) is 33.3 Å². The fourth-order valence-electron chi connectivity index (χ4n) is 11.1. The zero-order valence-electron chi connectivity index (χ0n) is 56.1. The van der Waals surface area contributed by atoms with Gasteiger partial charge in [0.2, 0.25) is 65.0 Å². The van der Waals surface area contributed by atoms with E-state index in [9.17, 15) is 67.4 Å². The number of halogens is 1. The summed E-state index contributed by atoms with van der Waals surface area (Å²) in [6.07, 6.45) is -1.31. The number of nitrogens with one attached hydrogen (secondary N) is 10. The summed E-state index contributed by atoms with van der Waals surface area (Å²) in [4.78, 5) is 181. The van der Waals surface area contributed by atoms with E-state index in [4.69, 9.17) is 38.8 Å². The van der Waals surface area contributed by atoms with Crippen molar-refractivity contribution < 1.29 is 72.2 Å². The maximum absolute atomic E-state index is 14.8. The van der Waals surface area contributed by atoms with Crippen molar-refractivity contribution in [3.8, 4) is 11.5 Å². The molecule has 5 aromatic rings. The molecule has 5 aromatic carbocycles. The zero-order chi connectivity index (χ0) is 74.4. The Morgan fingerprint density at radius 3 is 1.68 bits per heavy atom. The number of methoxy groups -OCH3 is 1. The highest BCUT2D eigenvalue weighted by Crippen LogP contribution is 2.24. The Morgan fingerprint density at radius 1 is 0.559 bits per heavy atom. The Kier molecular flexibility index (Phi) is 31.6. The lowest BCUT2D eigenvalue weighted by Crippen LogP contribution is -2.61. The quantitative estimate of drug-likeness (QED) is 0.00743. The molecular weight excluding hydrogens is 1430 g/mol. The molecule has 1 heterocycles. The van der Waals surface area contributed by atoms with Crippen LogP contribution in [0.4, 0.5) is 0 Å². The predicted molar refractivity (Wildman–Crippen MR) is 382 cm³/mol.